The van der Waals surface area contributed by atoms with Crippen molar-refractivity contribution in [1.29, 1.82) is 0 Å². The minimum Gasteiger partial charge on any atom is -0.449 e. The Balaban J connectivity index is 1.70. The lowest BCUT2D eigenvalue weighted by Gasteiger charge is -2.16. The summed E-state index contributed by atoms with van der Waals surface area (Å²) in [5, 5.41) is 6.50. The number of aromatic nitrogens is 1. The highest BCUT2D eigenvalue weighted by Gasteiger charge is 2.31. The Morgan fingerprint density at radius 1 is 1.26 bits per heavy atom. The topological polar surface area (TPSA) is 43.4 Å². The predicted molar refractivity (Wildman–Crippen MR) is 76.0 cm³/mol. The van der Waals surface area contributed by atoms with Crippen LogP contribution >= 0.6 is 11.3 Å². The average Bonchev–Trinajstić information content (AvgIpc) is 2.87. The van der Waals surface area contributed by atoms with Gasteiger partial charge in [0.15, 0.2) is 11.5 Å². The minimum atomic E-state index is -0.576. The van der Waals surface area contributed by atoms with E-state index < -0.39 is 5.79 Å². The van der Waals surface area contributed by atoms with Crippen LogP contribution in [-0.4, -0.2) is 10.8 Å². The Kier molecular flexibility index (Phi) is 2.86. The minimum absolute atomic E-state index is 0.576. The Labute approximate surface area is 116 Å². The molecular weight excluding hydrogens is 260 g/mol. The van der Waals surface area contributed by atoms with Crippen LogP contribution in [0, 0.1) is 6.92 Å². The van der Waals surface area contributed by atoms with Crippen LogP contribution in [0.15, 0.2) is 23.6 Å². The largest absolute Gasteiger partial charge is 0.449 e. The summed E-state index contributed by atoms with van der Waals surface area (Å²) in [5.74, 6) is 0.997. The average molecular weight is 276 g/mol. The standard InChI is InChI=1S/C14H16N2O2S/c1-9-16-11(8-19-9)7-15-10-4-5-12-13(6-10)18-14(2,3)17-12/h4-6,8,15H,7H2,1-3H3. The predicted octanol–water partition coefficient (Wildman–Crippen LogP) is 3.57. The van der Waals surface area contributed by atoms with Gasteiger partial charge in [-0.05, 0) is 19.1 Å². The zero-order valence-electron chi connectivity index (χ0n) is 11.2. The normalized spacial score (nSPS) is 15.5. The molecule has 2 aromatic rings. The summed E-state index contributed by atoms with van der Waals surface area (Å²) in [6, 6.07) is 5.88. The molecule has 100 valence electrons. The summed E-state index contributed by atoms with van der Waals surface area (Å²) < 4.78 is 11.4. The van der Waals surface area contributed by atoms with E-state index in [9.17, 15) is 0 Å². The van der Waals surface area contributed by atoms with Gasteiger partial charge in [0, 0.05) is 31.0 Å². The monoisotopic (exact) mass is 276 g/mol. The van der Waals surface area contributed by atoms with E-state index in [0.29, 0.717) is 6.54 Å². The molecule has 4 nitrogen and oxygen atoms in total. The van der Waals surface area contributed by atoms with Crippen LogP contribution in [0.5, 0.6) is 11.5 Å². The summed E-state index contributed by atoms with van der Waals surface area (Å²) >= 11 is 1.66. The van der Waals surface area contributed by atoms with Gasteiger partial charge >= 0.3 is 0 Å². The Morgan fingerprint density at radius 2 is 2.05 bits per heavy atom. The van der Waals surface area contributed by atoms with E-state index in [4.69, 9.17) is 9.47 Å². The van der Waals surface area contributed by atoms with E-state index in [-0.39, 0.29) is 0 Å². The van der Waals surface area contributed by atoms with Gasteiger partial charge in [0.05, 0.1) is 17.2 Å². The molecule has 5 heteroatoms. The third-order valence-corrected chi connectivity index (χ3v) is 3.62. The fourth-order valence-electron chi connectivity index (χ4n) is 2.01. The molecule has 0 spiro atoms. The molecule has 1 N–H and O–H groups in total. The van der Waals surface area contributed by atoms with Crippen molar-refractivity contribution in [2.24, 2.45) is 0 Å². The molecule has 1 aromatic heterocycles. The van der Waals surface area contributed by atoms with Gasteiger partial charge in [0.2, 0.25) is 5.79 Å². The summed E-state index contributed by atoms with van der Waals surface area (Å²) in [5.41, 5.74) is 2.06. The smallest absolute Gasteiger partial charge is 0.246 e. The van der Waals surface area contributed by atoms with Crippen molar-refractivity contribution in [3.8, 4) is 11.5 Å². The Bertz CT molecular complexity index is 607. The second-order valence-electron chi connectivity index (χ2n) is 4.98. The molecule has 0 unspecified atom stereocenters. The van der Waals surface area contributed by atoms with E-state index in [0.717, 1.165) is 27.9 Å². The molecule has 0 fully saturated rings. The van der Waals surface area contributed by atoms with Crippen LogP contribution in [0.2, 0.25) is 0 Å². The molecule has 0 saturated carbocycles. The summed E-state index contributed by atoms with van der Waals surface area (Å²) in [4.78, 5) is 4.42. The van der Waals surface area contributed by atoms with Gasteiger partial charge in [0.1, 0.15) is 0 Å². The van der Waals surface area contributed by atoms with E-state index in [2.05, 4.69) is 15.7 Å². The second kappa shape index (κ2) is 4.42. The molecule has 0 amide bonds. The van der Waals surface area contributed by atoms with Gasteiger partial charge in [-0.1, -0.05) is 0 Å². The Hall–Kier alpha value is -1.75. The third-order valence-electron chi connectivity index (χ3n) is 2.80. The summed E-state index contributed by atoms with van der Waals surface area (Å²) in [7, 11) is 0. The van der Waals surface area contributed by atoms with Crippen LogP contribution < -0.4 is 14.8 Å². The molecule has 19 heavy (non-hydrogen) atoms. The van der Waals surface area contributed by atoms with Crippen molar-refractivity contribution in [2.75, 3.05) is 5.32 Å². The van der Waals surface area contributed by atoms with Gasteiger partial charge < -0.3 is 14.8 Å². The first-order chi connectivity index (χ1) is 9.02. The van der Waals surface area contributed by atoms with Gasteiger partial charge in [-0.2, -0.15) is 0 Å². The van der Waals surface area contributed by atoms with Crippen molar-refractivity contribution in [1.82, 2.24) is 4.98 Å². The third kappa shape index (κ3) is 2.66. The number of thiazole rings is 1. The highest BCUT2D eigenvalue weighted by molar-refractivity contribution is 7.09. The number of hydrogen-bond acceptors (Lipinski definition) is 5. The quantitative estimate of drug-likeness (QED) is 0.930. The first-order valence-electron chi connectivity index (χ1n) is 6.19. The zero-order chi connectivity index (χ0) is 13.5. The maximum Gasteiger partial charge on any atom is 0.246 e. The fraction of sp³-hybridized carbons (Fsp3) is 0.357. The lowest BCUT2D eigenvalue weighted by molar-refractivity contribution is -0.0431. The molecule has 1 aromatic carbocycles. The fourth-order valence-corrected chi connectivity index (χ4v) is 2.63. The highest BCUT2D eigenvalue weighted by Crippen LogP contribution is 2.40. The number of nitrogens with one attached hydrogen (secondary N) is 1. The lowest BCUT2D eigenvalue weighted by atomic mass is 10.2. The van der Waals surface area contributed by atoms with Gasteiger partial charge in [-0.15, -0.1) is 11.3 Å². The van der Waals surface area contributed by atoms with Gasteiger partial charge in [0.25, 0.3) is 0 Å². The SMILES string of the molecule is Cc1nc(CNc2ccc3c(c2)OC(C)(C)O3)cs1. The van der Waals surface area contributed by atoms with Crippen LogP contribution in [0.25, 0.3) is 0 Å². The molecule has 0 aliphatic carbocycles. The van der Waals surface area contributed by atoms with Gasteiger partial charge in [-0.25, -0.2) is 4.98 Å². The molecule has 1 aliphatic heterocycles. The van der Waals surface area contributed by atoms with Crippen molar-refractivity contribution in [3.05, 3.63) is 34.3 Å². The van der Waals surface area contributed by atoms with E-state index in [1.54, 1.807) is 11.3 Å². The van der Waals surface area contributed by atoms with Crippen molar-refractivity contribution < 1.29 is 9.47 Å². The molecule has 3 rings (SSSR count). The number of hydrogen-bond donors (Lipinski definition) is 1. The highest BCUT2D eigenvalue weighted by atomic mass is 32.1. The summed E-state index contributed by atoms with van der Waals surface area (Å²) in [6.45, 7) is 6.53. The number of ether oxygens (including phenoxy) is 2. The first kappa shape index (κ1) is 12.3. The van der Waals surface area contributed by atoms with Crippen LogP contribution in [-0.2, 0) is 6.54 Å². The van der Waals surface area contributed by atoms with Crippen molar-refractivity contribution in [3.63, 3.8) is 0 Å². The lowest BCUT2D eigenvalue weighted by Crippen LogP contribution is -2.29. The van der Waals surface area contributed by atoms with Crippen LogP contribution in [0.3, 0.4) is 0 Å². The number of fused-ring (bicyclic) bond motifs is 1. The first-order valence-corrected chi connectivity index (χ1v) is 7.07. The Morgan fingerprint density at radius 3 is 2.79 bits per heavy atom. The number of rotatable bonds is 3. The molecule has 0 bridgehead atoms. The van der Waals surface area contributed by atoms with E-state index in [1.165, 1.54) is 0 Å². The van der Waals surface area contributed by atoms with E-state index in [1.807, 2.05) is 39.0 Å². The van der Waals surface area contributed by atoms with Crippen LogP contribution in [0.1, 0.15) is 24.5 Å². The molecule has 0 saturated heterocycles. The molecule has 0 atom stereocenters. The van der Waals surface area contributed by atoms with Crippen LogP contribution in [0.4, 0.5) is 5.69 Å². The number of nitrogens with zero attached hydrogens (tertiary/aromatic N) is 1. The van der Waals surface area contributed by atoms with Crippen molar-refractivity contribution in [2.45, 2.75) is 33.1 Å². The molecule has 2 heterocycles. The maximum atomic E-state index is 5.72. The van der Waals surface area contributed by atoms with E-state index >= 15 is 0 Å². The summed E-state index contributed by atoms with van der Waals surface area (Å²) in [6.07, 6.45) is 0. The number of anilines is 1. The second-order valence-corrected chi connectivity index (χ2v) is 6.04. The maximum absolute atomic E-state index is 5.72. The van der Waals surface area contributed by atoms with Gasteiger partial charge in [-0.3, -0.25) is 0 Å². The molecular formula is C14H16N2O2S. The number of aryl methyl sites for hydroxylation is 1. The molecule has 1 aliphatic rings. The molecule has 0 radical (unpaired) electrons. The van der Waals surface area contributed by atoms with Crippen molar-refractivity contribution >= 4 is 17.0 Å². The zero-order valence-corrected chi connectivity index (χ0v) is 12.0. The number of benzene rings is 1.